The minimum atomic E-state index is -0.416. The number of nitro groups is 1. The Morgan fingerprint density at radius 3 is 2.52 bits per heavy atom. The molecule has 0 amide bonds. The van der Waals surface area contributed by atoms with Crippen LogP contribution in [-0.4, -0.2) is 15.7 Å². The zero-order chi connectivity index (χ0) is 15.0. The van der Waals surface area contributed by atoms with Gasteiger partial charge in [0.05, 0.1) is 15.1 Å². The van der Waals surface area contributed by atoms with Crippen LogP contribution in [0.15, 0.2) is 42.5 Å². The number of hydrogen-bond acceptors (Lipinski definition) is 5. The van der Waals surface area contributed by atoms with E-state index >= 15 is 0 Å². The van der Waals surface area contributed by atoms with E-state index in [-0.39, 0.29) is 11.5 Å². The van der Waals surface area contributed by atoms with Gasteiger partial charge in [-0.2, -0.15) is 0 Å². The van der Waals surface area contributed by atoms with Gasteiger partial charge >= 0.3 is 0 Å². The van der Waals surface area contributed by atoms with Gasteiger partial charge in [-0.15, -0.1) is 11.3 Å². The van der Waals surface area contributed by atoms with Gasteiger partial charge in [0.1, 0.15) is 5.01 Å². The van der Waals surface area contributed by atoms with Crippen molar-refractivity contribution in [1.82, 2.24) is 4.98 Å². The average molecular weight is 298 g/mol. The number of hydrogen-bond donors (Lipinski definition) is 0. The highest BCUT2D eigenvalue weighted by atomic mass is 32.1. The quantitative estimate of drug-likeness (QED) is 0.415. The van der Waals surface area contributed by atoms with E-state index in [0.29, 0.717) is 5.56 Å². The Hall–Kier alpha value is -2.60. The number of carbonyl (C=O) groups excluding carboxylic acids is 1. The molecule has 0 spiro atoms. The molecule has 5 nitrogen and oxygen atoms in total. The highest BCUT2D eigenvalue weighted by Gasteiger charge is 2.11. The van der Waals surface area contributed by atoms with Crippen molar-refractivity contribution in [3.05, 3.63) is 58.1 Å². The fraction of sp³-hybridized carbons (Fsp3) is 0.0667. The lowest BCUT2D eigenvalue weighted by molar-refractivity contribution is -0.384. The number of fused-ring (bicyclic) bond motifs is 1. The molecule has 0 aliphatic rings. The molecule has 0 saturated heterocycles. The molecule has 0 unspecified atom stereocenters. The van der Waals surface area contributed by atoms with Crippen molar-refractivity contribution >= 4 is 33.0 Å². The summed E-state index contributed by atoms with van der Waals surface area (Å²) in [7, 11) is 0. The van der Waals surface area contributed by atoms with Crippen LogP contribution in [-0.2, 0) is 0 Å². The first-order valence-corrected chi connectivity index (χ1v) is 7.02. The van der Waals surface area contributed by atoms with Crippen LogP contribution in [0.3, 0.4) is 0 Å². The molecule has 0 atom stereocenters. The molecule has 1 aromatic heterocycles. The highest BCUT2D eigenvalue weighted by Crippen LogP contribution is 2.32. The van der Waals surface area contributed by atoms with Crippen molar-refractivity contribution in [1.29, 1.82) is 0 Å². The largest absolute Gasteiger partial charge is 0.295 e. The van der Waals surface area contributed by atoms with E-state index < -0.39 is 4.92 Å². The Balaban J connectivity index is 2.04. The molecule has 2 aromatic carbocycles. The van der Waals surface area contributed by atoms with Gasteiger partial charge in [-0.25, -0.2) is 4.98 Å². The summed E-state index contributed by atoms with van der Waals surface area (Å²) in [5.41, 5.74) is 2.33. The number of thiazole rings is 1. The lowest BCUT2D eigenvalue weighted by Crippen LogP contribution is -1.90. The summed E-state index contributed by atoms with van der Waals surface area (Å²) >= 11 is 1.40. The zero-order valence-corrected chi connectivity index (χ0v) is 11.9. The summed E-state index contributed by atoms with van der Waals surface area (Å²) in [4.78, 5) is 26.1. The zero-order valence-electron chi connectivity index (χ0n) is 11.1. The Labute approximate surface area is 124 Å². The van der Waals surface area contributed by atoms with Gasteiger partial charge in [0, 0.05) is 23.3 Å². The first kappa shape index (κ1) is 13.4. The fourth-order valence-electron chi connectivity index (χ4n) is 2.00. The molecule has 0 fully saturated rings. The molecule has 0 saturated carbocycles. The molecule has 21 heavy (non-hydrogen) atoms. The number of non-ortho nitro benzene ring substituents is 1. The number of Topliss-reactive ketones (excluding diaryl/α,β-unsaturated/α-hetero) is 1. The van der Waals surface area contributed by atoms with Crippen LogP contribution in [0.25, 0.3) is 20.8 Å². The van der Waals surface area contributed by atoms with Crippen molar-refractivity contribution in [3.8, 4) is 10.6 Å². The van der Waals surface area contributed by atoms with Crippen molar-refractivity contribution in [3.63, 3.8) is 0 Å². The smallest absolute Gasteiger partial charge is 0.270 e. The van der Waals surface area contributed by atoms with Gasteiger partial charge in [0.2, 0.25) is 0 Å². The Kier molecular flexibility index (Phi) is 3.23. The predicted molar refractivity (Wildman–Crippen MR) is 81.7 cm³/mol. The van der Waals surface area contributed by atoms with Crippen molar-refractivity contribution in [2.75, 3.05) is 0 Å². The van der Waals surface area contributed by atoms with Crippen molar-refractivity contribution in [2.45, 2.75) is 6.92 Å². The van der Waals surface area contributed by atoms with E-state index in [1.807, 2.05) is 12.1 Å². The number of benzene rings is 2. The molecule has 3 rings (SSSR count). The third-order valence-corrected chi connectivity index (χ3v) is 4.19. The maximum Gasteiger partial charge on any atom is 0.270 e. The van der Waals surface area contributed by atoms with Gasteiger partial charge < -0.3 is 0 Å². The summed E-state index contributed by atoms with van der Waals surface area (Å²) < 4.78 is 0.773. The second-order valence-electron chi connectivity index (χ2n) is 4.56. The van der Waals surface area contributed by atoms with Crippen LogP contribution in [0.4, 0.5) is 5.69 Å². The molecule has 0 bridgehead atoms. The van der Waals surface area contributed by atoms with E-state index in [0.717, 1.165) is 20.8 Å². The molecular weight excluding hydrogens is 288 g/mol. The molecule has 0 N–H and O–H groups in total. The van der Waals surface area contributed by atoms with Crippen LogP contribution >= 0.6 is 11.3 Å². The van der Waals surface area contributed by atoms with Gasteiger partial charge in [-0.3, -0.25) is 14.9 Å². The first-order chi connectivity index (χ1) is 10.0. The fourth-order valence-corrected chi connectivity index (χ4v) is 3.00. The first-order valence-electron chi connectivity index (χ1n) is 6.21. The molecule has 0 aliphatic heterocycles. The summed E-state index contributed by atoms with van der Waals surface area (Å²) in [5.74, 6) is 0.0153. The maximum atomic E-state index is 11.3. The second-order valence-corrected chi connectivity index (χ2v) is 5.59. The van der Waals surface area contributed by atoms with E-state index in [1.54, 1.807) is 18.2 Å². The highest BCUT2D eigenvalue weighted by molar-refractivity contribution is 7.21. The van der Waals surface area contributed by atoms with E-state index in [2.05, 4.69) is 4.98 Å². The molecule has 104 valence electrons. The molecular formula is C15H10N2O3S. The van der Waals surface area contributed by atoms with Crippen LogP contribution < -0.4 is 0 Å². The Morgan fingerprint density at radius 2 is 1.90 bits per heavy atom. The van der Waals surface area contributed by atoms with E-state index in [4.69, 9.17) is 0 Å². The molecule has 0 radical (unpaired) electrons. The van der Waals surface area contributed by atoms with Gasteiger partial charge in [0.15, 0.2) is 5.78 Å². The second kappa shape index (κ2) is 5.06. The van der Waals surface area contributed by atoms with Crippen molar-refractivity contribution in [2.24, 2.45) is 0 Å². The SMILES string of the molecule is CC(=O)c1ccc(-c2nc3ccc([N+](=O)[O-])cc3s2)cc1. The lowest BCUT2D eigenvalue weighted by atomic mass is 10.1. The normalized spacial score (nSPS) is 10.7. The Bertz CT molecular complexity index is 853. The van der Waals surface area contributed by atoms with Gasteiger partial charge in [0.25, 0.3) is 5.69 Å². The van der Waals surface area contributed by atoms with E-state index in [9.17, 15) is 14.9 Å². The minimum Gasteiger partial charge on any atom is -0.295 e. The maximum absolute atomic E-state index is 11.3. The summed E-state index contributed by atoms with van der Waals surface area (Å²) in [6, 6.07) is 11.8. The van der Waals surface area contributed by atoms with Crippen LogP contribution in [0.1, 0.15) is 17.3 Å². The lowest BCUT2D eigenvalue weighted by Gasteiger charge is -1.97. The van der Waals surface area contributed by atoms with Crippen LogP contribution in [0.2, 0.25) is 0 Å². The van der Waals surface area contributed by atoms with E-state index in [1.165, 1.54) is 30.4 Å². The number of aromatic nitrogens is 1. The monoisotopic (exact) mass is 298 g/mol. The van der Waals surface area contributed by atoms with Crippen LogP contribution in [0.5, 0.6) is 0 Å². The topological polar surface area (TPSA) is 73.1 Å². The molecule has 6 heteroatoms. The summed E-state index contributed by atoms with van der Waals surface area (Å²) in [6.07, 6.45) is 0. The molecule has 0 aliphatic carbocycles. The predicted octanol–water partition coefficient (Wildman–Crippen LogP) is 4.07. The number of rotatable bonds is 3. The molecule has 3 aromatic rings. The van der Waals surface area contributed by atoms with Crippen molar-refractivity contribution < 1.29 is 9.72 Å². The number of nitro benzene ring substituents is 1. The standard InChI is InChI=1S/C15H10N2O3S/c1-9(18)10-2-4-11(5-3-10)15-16-13-7-6-12(17(19)20)8-14(13)21-15/h2-8H,1H3. The molecule has 1 heterocycles. The number of carbonyl (C=O) groups is 1. The third kappa shape index (κ3) is 2.53. The minimum absolute atomic E-state index is 0.0153. The number of nitrogens with zero attached hydrogens (tertiary/aromatic N) is 2. The average Bonchev–Trinajstić information content (AvgIpc) is 2.90. The third-order valence-electron chi connectivity index (χ3n) is 3.12. The summed E-state index contributed by atoms with van der Waals surface area (Å²) in [5, 5.41) is 11.6. The van der Waals surface area contributed by atoms with Gasteiger partial charge in [-0.05, 0) is 13.0 Å². The summed E-state index contributed by atoms with van der Waals surface area (Å²) in [6.45, 7) is 1.52. The van der Waals surface area contributed by atoms with Gasteiger partial charge in [-0.1, -0.05) is 24.3 Å². The Morgan fingerprint density at radius 1 is 1.19 bits per heavy atom. The van der Waals surface area contributed by atoms with Crippen LogP contribution in [0, 0.1) is 10.1 Å². The number of ketones is 1.